The van der Waals surface area contributed by atoms with Gasteiger partial charge in [0.1, 0.15) is 22.3 Å². The van der Waals surface area contributed by atoms with E-state index in [2.05, 4.69) is 33.4 Å². The van der Waals surface area contributed by atoms with E-state index < -0.39 is 0 Å². The Kier molecular flexibility index (Phi) is 6.46. The third kappa shape index (κ3) is 4.61. The molecule has 0 atom stereocenters. The van der Waals surface area contributed by atoms with Crippen LogP contribution in [-0.4, -0.2) is 27.7 Å². The number of methoxy groups -OCH3 is 1. The maximum absolute atomic E-state index is 14.7. The van der Waals surface area contributed by atoms with Gasteiger partial charge in [0.15, 0.2) is 5.84 Å². The Morgan fingerprint density at radius 3 is 2.47 bits per heavy atom. The topological polar surface area (TPSA) is 66.7 Å². The number of nitrogens with one attached hydrogen (secondary N) is 2. The molecule has 1 aliphatic rings. The van der Waals surface area contributed by atoms with Gasteiger partial charge in [-0.3, -0.25) is 5.01 Å². The molecule has 2 N–H and O–H groups in total. The van der Waals surface area contributed by atoms with Crippen molar-refractivity contribution in [1.29, 1.82) is 0 Å². The number of hydrogen-bond acceptors (Lipinski definition) is 7. The molecular weight excluding hydrogens is 451 g/mol. The lowest BCUT2D eigenvalue weighted by atomic mass is 10.2. The molecule has 0 saturated carbocycles. The van der Waals surface area contributed by atoms with Crippen LogP contribution in [0, 0.1) is 5.82 Å². The van der Waals surface area contributed by atoms with Crippen LogP contribution in [0.5, 0.6) is 5.75 Å². The summed E-state index contributed by atoms with van der Waals surface area (Å²) >= 11 is 1.59. The normalized spacial score (nSPS) is 13.0. The number of thioether (sulfide) groups is 1. The van der Waals surface area contributed by atoms with E-state index in [0.29, 0.717) is 23.8 Å². The van der Waals surface area contributed by atoms with E-state index in [-0.39, 0.29) is 5.82 Å². The zero-order chi connectivity index (χ0) is 23.3. The summed E-state index contributed by atoms with van der Waals surface area (Å²) in [6, 6.07) is 24.6. The van der Waals surface area contributed by atoms with Crippen LogP contribution in [0.2, 0.25) is 0 Å². The predicted molar refractivity (Wildman–Crippen MR) is 131 cm³/mol. The summed E-state index contributed by atoms with van der Waals surface area (Å²) in [7, 11) is 1.65. The molecule has 1 aromatic heterocycles. The molecule has 34 heavy (non-hydrogen) atoms. The average molecular weight is 475 g/mol. The van der Waals surface area contributed by atoms with Crippen molar-refractivity contribution in [1.82, 2.24) is 25.9 Å². The highest BCUT2D eigenvalue weighted by Gasteiger charge is 2.26. The Labute approximate surface area is 201 Å². The van der Waals surface area contributed by atoms with Crippen molar-refractivity contribution < 1.29 is 9.13 Å². The number of benzene rings is 3. The summed E-state index contributed by atoms with van der Waals surface area (Å²) in [4.78, 5) is 0. The van der Waals surface area contributed by atoms with Crippen LogP contribution in [0.25, 0.3) is 5.69 Å². The summed E-state index contributed by atoms with van der Waals surface area (Å²) in [5, 5.41) is 11.7. The molecular formula is C25H23FN6OS. The van der Waals surface area contributed by atoms with Crippen molar-refractivity contribution >= 4 is 17.6 Å². The van der Waals surface area contributed by atoms with Gasteiger partial charge in [-0.05, 0) is 35.4 Å². The van der Waals surface area contributed by atoms with E-state index >= 15 is 0 Å². The molecule has 0 amide bonds. The predicted octanol–water partition coefficient (Wildman–Crippen LogP) is 4.50. The Balaban J connectivity index is 1.47. The molecule has 1 aliphatic heterocycles. The highest BCUT2D eigenvalue weighted by molar-refractivity contribution is 7.98. The molecule has 0 spiro atoms. The highest BCUT2D eigenvalue weighted by Crippen LogP contribution is 2.31. The van der Waals surface area contributed by atoms with Crippen molar-refractivity contribution in [2.45, 2.75) is 17.3 Å². The zero-order valence-corrected chi connectivity index (χ0v) is 19.3. The molecule has 3 aromatic carbocycles. The third-order valence-electron chi connectivity index (χ3n) is 5.37. The van der Waals surface area contributed by atoms with Gasteiger partial charge in [0.05, 0.1) is 25.4 Å². The molecule has 4 aromatic rings. The fourth-order valence-electron chi connectivity index (χ4n) is 3.64. The third-order valence-corrected chi connectivity index (χ3v) is 6.51. The minimum absolute atomic E-state index is 0.335. The van der Waals surface area contributed by atoms with Crippen LogP contribution in [-0.2, 0) is 12.3 Å². The van der Waals surface area contributed by atoms with E-state index in [1.165, 1.54) is 11.6 Å². The summed E-state index contributed by atoms with van der Waals surface area (Å²) in [6.45, 7) is 0.559. The number of halogens is 1. The first kappa shape index (κ1) is 22.0. The summed E-state index contributed by atoms with van der Waals surface area (Å²) < 4.78 is 21.6. The molecule has 0 saturated heterocycles. The molecule has 0 bridgehead atoms. The van der Waals surface area contributed by atoms with Crippen LogP contribution < -0.4 is 15.8 Å². The number of rotatable bonds is 8. The fourth-order valence-corrected chi connectivity index (χ4v) is 4.70. The number of aromatic nitrogens is 2. The van der Waals surface area contributed by atoms with Crippen molar-refractivity contribution in [2.24, 2.45) is 5.10 Å². The lowest BCUT2D eigenvalue weighted by Gasteiger charge is -2.19. The Bertz CT molecular complexity index is 1290. The molecule has 172 valence electrons. The van der Waals surface area contributed by atoms with Gasteiger partial charge in [0.25, 0.3) is 0 Å². The first-order valence-corrected chi connectivity index (χ1v) is 11.7. The minimum atomic E-state index is -0.335. The highest BCUT2D eigenvalue weighted by atomic mass is 32.2. The zero-order valence-electron chi connectivity index (χ0n) is 18.5. The molecule has 0 fully saturated rings. The Morgan fingerprint density at radius 1 is 0.941 bits per heavy atom. The molecule has 9 heteroatoms. The molecule has 2 heterocycles. The summed E-state index contributed by atoms with van der Waals surface area (Å²) in [6.07, 6.45) is 1.73. The maximum atomic E-state index is 14.7. The minimum Gasteiger partial charge on any atom is -0.497 e. The molecule has 7 nitrogen and oxygen atoms in total. The van der Waals surface area contributed by atoms with Gasteiger partial charge in [-0.25, -0.2) is 14.6 Å². The summed E-state index contributed by atoms with van der Waals surface area (Å²) in [5.74, 6) is 1.85. The van der Waals surface area contributed by atoms with Crippen molar-refractivity contribution in [3.63, 3.8) is 0 Å². The van der Waals surface area contributed by atoms with Crippen LogP contribution in [0.1, 0.15) is 16.7 Å². The van der Waals surface area contributed by atoms with Crippen molar-refractivity contribution in [2.75, 3.05) is 7.11 Å². The second kappa shape index (κ2) is 9.98. The van der Waals surface area contributed by atoms with Crippen LogP contribution in [0.15, 0.2) is 95.2 Å². The number of ether oxygens (including phenoxy) is 1. The number of hydrazine groups is 2. The Morgan fingerprint density at radius 2 is 1.71 bits per heavy atom. The molecule has 0 aliphatic carbocycles. The standard InChI is InChI=1S/C25H23FN6OS/c1-33-20-13-11-18(12-14-20)16-31-24(28-29-30-31)21-15-27-32(23-10-6-5-9-22(23)26)25(21)34-17-19-7-3-2-4-8-19/h2-15,29-30H,16-17H2,1H3. The second-order valence-electron chi connectivity index (χ2n) is 7.59. The number of para-hydroxylation sites is 1. The number of hydrogen-bond donors (Lipinski definition) is 2. The second-order valence-corrected chi connectivity index (χ2v) is 8.56. The first-order valence-electron chi connectivity index (χ1n) is 10.7. The SMILES string of the molecule is COc1ccc(CN2NNN=C2c2cnn(-c3ccccc3F)c2SCc2ccccc2)cc1. The Hall–Kier alpha value is -3.82. The van der Waals surface area contributed by atoms with Gasteiger partial charge in [-0.15, -0.1) is 22.4 Å². The number of amidine groups is 1. The van der Waals surface area contributed by atoms with E-state index in [9.17, 15) is 4.39 Å². The van der Waals surface area contributed by atoms with E-state index in [1.807, 2.05) is 47.5 Å². The van der Waals surface area contributed by atoms with Gasteiger partial charge in [0.2, 0.25) is 0 Å². The average Bonchev–Trinajstić information content (AvgIpc) is 3.50. The van der Waals surface area contributed by atoms with Crippen LogP contribution in [0.3, 0.4) is 0 Å². The van der Waals surface area contributed by atoms with Gasteiger partial charge in [0, 0.05) is 5.75 Å². The van der Waals surface area contributed by atoms with Gasteiger partial charge >= 0.3 is 0 Å². The quantitative estimate of drug-likeness (QED) is 0.367. The smallest absolute Gasteiger partial charge is 0.177 e. The lowest BCUT2D eigenvalue weighted by molar-refractivity contribution is 0.287. The number of nitrogens with zero attached hydrogens (tertiary/aromatic N) is 4. The largest absolute Gasteiger partial charge is 0.497 e. The lowest BCUT2D eigenvalue weighted by Crippen LogP contribution is -2.40. The van der Waals surface area contributed by atoms with Crippen molar-refractivity contribution in [3.8, 4) is 11.4 Å². The van der Waals surface area contributed by atoms with Gasteiger partial charge < -0.3 is 4.74 Å². The molecule has 5 rings (SSSR count). The van der Waals surface area contributed by atoms with E-state index in [1.54, 1.807) is 47.9 Å². The molecule has 0 unspecified atom stereocenters. The van der Waals surface area contributed by atoms with Crippen LogP contribution in [0.4, 0.5) is 4.39 Å². The molecule has 0 radical (unpaired) electrons. The fraction of sp³-hybridized carbons (Fsp3) is 0.120. The summed E-state index contributed by atoms with van der Waals surface area (Å²) in [5.41, 5.74) is 9.35. The maximum Gasteiger partial charge on any atom is 0.177 e. The van der Waals surface area contributed by atoms with Crippen LogP contribution >= 0.6 is 11.8 Å². The number of hydrazone groups is 1. The van der Waals surface area contributed by atoms with E-state index in [4.69, 9.17) is 4.74 Å². The van der Waals surface area contributed by atoms with E-state index in [0.717, 1.165) is 21.9 Å². The van der Waals surface area contributed by atoms with Gasteiger partial charge in [-0.2, -0.15) is 5.10 Å². The first-order chi connectivity index (χ1) is 16.7. The van der Waals surface area contributed by atoms with Gasteiger partial charge in [-0.1, -0.05) is 54.6 Å². The van der Waals surface area contributed by atoms with Crippen molar-refractivity contribution in [3.05, 3.63) is 108 Å². The monoisotopic (exact) mass is 474 g/mol.